The van der Waals surface area contributed by atoms with Crippen molar-refractivity contribution in [3.63, 3.8) is 0 Å². The molecular formula is C23H24N2O5S. The zero-order valence-corrected chi connectivity index (χ0v) is 18.1. The standard InChI is InChI=1S/C23H24N2O5S/c1-23(22(27)24-28,31(2,29)30)12-14-25-13-11-20-15-18(9-10-21(20)25)6-3-17-4-7-19(16-26)8-5-17/h4-5,7-11,13,15,26,28H,12,14,16H2,1-2H3,(H,24,27). The van der Waals surface area contributed by atoms with Crippen LogP contribution in [0.3, 0.4) is 0 Å². The Balaban J connectivity index is 1.81. The minimum atomic E-state index is -3.74. The van der Waals surface area contributed by atoms with Crippen LogP contribution in [0.4, 0.5) is 0 Å². The number of carbonyl (C=O) groups is 1. The van der Waals surface area contributed by atoms with Crippen LogP contribution in [0.1, 0.15) is 30.0 Å². The summed E-state index contributed by atoms with van der Waals surface area (Å²) in [6.07, 6.45) is 2.82. The lowest BCUT2D eigenvalue weighted by atomic mass is 10.1. The number of aryl methyl sites for hydroxylation is 1. The number of hydroxylamine groups is 1. The number of carbonyl (C=O) groups excluding carboxylic acids is 1. The van der Waals surface area contributed by atoms with E-state index in [9.17, 15) is 13.2 Å². The van der Waals surface area contributed by atoms with E-state index < -0.39 is 20.5 Å². The van der Waals surface area contributed by atoms with Crippen molar-refractivity contribution < 1.29 is 23.5 Å². The predicted octanol–water partition coefficient (Wildman–Crippen LogP) is 2.23. The lowest BCUT2D eigenvalue weighted by molar-refractivity contribution is -0.131. The number of nitrogens with zero attached hydrogens (tertiary/aromatic N) is 1. The molecule has 1 unspecified atom stereocenters. The van der Waals surface area contributed by atoms with Gasteiger partial charge in [-0.3, -0.25) is 10.0 Å². The van der Waals surface area contributed by atoms with Crippen molar-refractivity contribution in [2.24, 2.45) is 0 Å². The summed E-state index contributed by atoms with van der Waals surface area (Å²) in [6, 6.07) is 15.0. The third-order valence-corrected chi connectivity index (χ3v) is 7.51. The molecule has 0 spiro atoms. The molecule has 0 saturated carbocycles. The van der Waals surface area contributed by atoms with Gasteiger partial charge in [0.05, 0.1) is 6.61 Å². The van der Waals surface area contributed by atoms with Crippen molar-refractivity contribution in [2.45, 2.75) is 31.2 Å². The first kappa shape index (κ1) is 22.6. The summed E-state index contributed by atoms with van der Waals surface area (Å²) in [5.41, 5.74) is 4.86. The molecule has 3 aromatic rings. The van der Waals surface area contributed by atoms with Gasteiger partial charge in [-0.2, -0.15) is 0 Å². The van der Waals surface area contributed by atoms with Gasteiger partial charge in [0, 0.05) is 41.0 Å². The van der Waals surface area contributed by atoms with Gasteiger partial charge in [0.25, 0.3) is 5.91 Å². The average Bonchev–Trinajstić information content (AvgIpc) is 3.17. The van der Waals surface area contributed by atoms with E-state index in [1.54, 1.807) is 0 Å². The molecule has 1 aromatic heterocycles. The Bertz CT molecular complexity index is 1270. The lowest BCUT2D eigenvalue weighted by Crippen LogP contribution is -2.49. The van der Waals surface area contributed by atoms with Crippen molar-refractivity contribution in [1.82, 2.24) is 10.0 Å². The molecule has 0 aliphatic rings. The summed E-state index contributed by atoms with van der Waals surface area (Å²) in [5.74, 6) is 5.26. The highest BCUT2D eigenvalue weighted by atomic mass is 32.2. The molecule has 2 aromatic carbocycles. The Hall–Kier alpha value is -3.12. The van der Waals surface area contributed by atoms with Crippen molar-refractivity contribution in [2.75, 3.05) is 6.26 Å². The van der Waals surface area contributed by atoms with Gasteiger partial charge in [-0.1, -0.05) is 24.0 Å². The summed E-state index contributed by atoms with van der Waals surface area (Å²) in [5, 5.41) is 19.0. The van der Waals surface area contributed by atoms with Crippen molar-refractivity contribution in [1.29, 1.82) is 0 Å². The Kier molecular flexibility index (Phi) is 6.51. The Labute approximate surface area is 181 Å². The largest absolute Gasteiger partial charge is 0.392 e. The highest BCUT2D eigenvalue weighted by Gasteiger charge is 2.43. The van der Waals surface area contributed by atoms with Gasteiger partial charge in [0.1, 0.15) is 0 Å². The van der Waals surface area contributed by atoms with Gasteiger partial charge >= 0.3 is 0 Å². The average molecular weight is 441 g/mol. The molecule has 31 heavy (non-hydrogen) atoms. The van der Waals surface area contributed by atoms with E-state index in [1.807, 2.05) is 59.3 Å². The van der Waals surface area contributed by atoms with Crippen LogP contribution in [0, 0.1) is 11.8 Å². The highest BCUT2D eigenvalue weighted by molar-refractivity contribution is 7.92. The molecule has 0 bridgehead atoms. The van der Waals surface area contributed by atoms with Crippen molar-refractivity contribution in [3.8, 4) is 11.8 Å². The molecule has 0 saturated heterocycles. The normalized spacial score (nSPS) is 13.3. The van der Waals surface area contributed by atoms with E-state index in [1.165, 1.54) is 12.4 Å². The maximum Gasteiger partial charge on any atom is 0.264 e. The molecule has 3 N–H and O–H groups in total. The molecule has 3 rings (SSSR count). The molecule has 1 atom stereocenters. The van der Waals surface area contributed by atoms with Crippen LogP contribution in [-0.4, -0.2) is 40.2 Å². The fraction of sp³-hybridized carbons (Fsp3) is 0.261. The maximum atomic E-state index is 12.1. The molecule has 8 heteroatoms. The number of nitrogens with one attached hydrogen (secondary N) is 1. The number of hydrogen-bond donors (Lipinski definition) is 3. The number of hydrogen-bond acceptors (Lipinski definition) is 5. The van der Waals surface area contributed by atoms with Gasteiger partial charge in [-0.25, -0.2) is 13.9 Å². The summed E-state index contributed by atoms with van der Waals surface area (Å²) in [6.45, 7) is 1.58. The van der Waals surface area contributed by atoms with Gasteiger partial charge in [-0.15, -0.1) is 0 Å². The van der Waals surface area contributed by atoms with Crippen molar-refractivity contribution in [3.05, 3.63) is 71.4 Å². The molecule has 0 aliphatic heterocycles. The predicted molar refractivity (Wildman–Crippen MR) is 118 cm³/mol. The number of aromatic nitrogens is 1. The first-order valence-corrected chi connectivity index (χ1v) is 11.5. The van der Waals surface area contributed by atoms with E-state index in [4.69, 9.17) is 10.3 Å². The van der Waals surface area contributed by atoms with Crippen LogP contribution in [0.15, 0.2) is 54.7 Å². The Morgan fingerprint density at radius 1 is 1.10 bits per heavy atom. The quantitative estimate of drug-likeness (QED) is 0.309. The Morgan fingerprint density at radius 2 is 1.74 bits per heavy atom. The van der Waals surface area contributed by atoms with Gasteiger partial charge in [-0.05, 0) is 55.3 Å². The van der Waals surface area contributed by atoms with Crippen molar-refractivity contribution >= 4 is 26.6 Å². The molecular weight excluding hydrogens is 416 g/mol. The van der Waals surface area contributed by atoms with Crippen LogP contribution in [0.25, 0.3) is 10.9 Å². The van der Waals surface area contributed by atoms with E-state index in [2.05, 4.69) is 11.8 Å². The first-order chi connectivity index (χ1) is 14.7. The fourth-order valence-corrected chi connectivity index (χ4v) is 4.07. The maximum absolute atomic E-state index is 12.1. The van der Waals surface area contributed by atoms with Crippen LogP contribution in [0.2, 0.25) is 0 Å². The van der Waals surface area contributed by atoms with Gasteiger partial charge < -0.3 is 9.67 Å². The van der Waals surface area contributed by atoms with Crippen LogP contribution >= 0.6 is 0 Å². The Morgan fingerprint density at radius 3 is 2.35 bits per heavy atom. The van der Waals surface area contributed by atoms with E-state index >= 15 is 0 Å². The number of benzene rings is 2. The number of rotatable bonds is 6. The number of aliphatic hydroxyl groups excluding tert-OH is 1. The van der Waals surface area contributed by atoms with Crippen LogP contribution in [-0.2, 0) is 27.8 Å². The first-order valence-electron chi connectivity index (χ1n) is 9.63. The minimum Gasteiger partial charge on any atom is -0.392 e. The second-order valence-electron chi connectivity index (χ2n) is 7.58. The second kappa shape index (κ2) is 8.94. The summed E-state index contributed by atoms with van der Waals surface area (Å²) in [4.78, 5) is 12.0. The summed E-state index contributed by atoms with van der Waals surface area (Å²) < 4.78 is 24.4. The summed E-state index contributed by atoms with van der Waals surface area (Å²) >= 11 is 0. The van der Waals surface area contributed by atoms with Gasteiger partial charge in [0.15, 0.2) is 14.6 Å². The smallest absolute Gasteiger partial charge is 0.264 e. The fourth-order valence-electron chi connectivity index (χ4n) is 3.23. The third kappa shape index (κ3) is 4.80. The van der Waals surface area contributed by atoms with E-state index in [-0.39, 0.29) is 19.6 Å². The number of amides is 1. The molecule has 1 amide bonds. The molecule has 0 fully saturated rings. The molecule has 162 valence electrons. The monoisotopic (exact) mass is 440 g/mol. The lowest BCUT2D eigenvalue weighted by Gasteiger charge is -2.25. The number of aliphatic hydroxyl groups is 1. The number of fused-ring (bicyclic) bond motifs is 1. The topological polar surface area (TPSA) is 109 Å². The molecule has 1 heterocycles. The van der Waals surface area contributed by atoms with Gasteiger partial charge in [0.2, 0.25) is 0 Å². The van der Waals surface area contributed by atoms with Crippen LogP contribution in [0.5, 0.6) is 0 Å². The highest BCUT2D eigenvalue weighted by Crippen LogP contribution is 2.24. The third-order valence-electron chi connectivity index (χ3n) is 5.49. The van der Waals surface area contributed by atoms with E-state index in [0.29, 0.717) is 0 Å². The molecule has 7 nitrogen and oxygen atoms in total. The van der Waals surface area contributed by atoms with Crippen LogP contribution < -0.4 is 5.48 Å². The zero-order valence-electron chi connectivity index (χ0n) is 17.3. The number of sulfone groups is 1. The molecule has 0 aliphatic carbocycles. The second-order valence-corrected chi connectivity index (χ2v) is 10.0. The SMILES string of the molecule is CC(CCn1ccc2cc(C#Cc3ccc(CO)cc3)ccc21)(C(=O)NO)S(C)(=O)=O. The van der Waals surface area contributed by atoms with E-state index in [0.717, 1.165) is 33.8 Å². The minimum absolute atomic E-state index is 0.00459. The summed E-state index contributed by atoms with van der Waals surface area (Å²) in [7, 11) is -3.74. The molecule has 0 radical (unpaired) electrons. The zero-order chi connectivity index (χ0) is 22.6.